The highest BCUT2D eigenvalue weighted by Crippen LogP contribution is 2.17. The Morgan fingerprint density at radius 1 is 1.19 bits per heavy atom. The van der Waals surface area contributed by atoms with E-state index in [2.05, 4.69) is 5.32 Å². The molecular formula is C16H17NO3S. The zero-order valence-electron chi connectivity index (χ0n) is 11.5. The number of carboxylic acids is 1. The topological polar surface area (TPSA) is 66.4 Å². The Labute approximate surface area is 127 Å². The van der Waals surface area contributed by atoms with Crippen molar-refractivity contribution in [2.24, 2.45) is 0 Å². The van der Waals surface area contributed by atoms with Crippen molar-refractivity contribution >= 4 is 23.2 Å². The Kier molecular flexibility index (Phi) is 5.51. The van der Waals surface area contributed by atoms with E-state index in [-0.39, 0.29) is 12.3 Å². The van der Waals surface area contributed by atoms with Crippen LogP contribution < -0.4 is 5.32 Å². The Balaban J connectivity index is 1.94. The molecular weight excluding hydrogens is 286 g/mol. The SMILES string of the molecule is O=C(O)CC(NC(=O)CCc1ccsc1)c1ccccc1. The third-order valence-electron chi connectivity index (χ3n) is 3.14. The molecule has 2 N–H and O–H groups in total. The normalized spacial score (nSPS) is 11.8. The van der Waals surface area contributed by atoms with Gasteiger partial charge in [-0.25, -0.2) is 0 Å². The van der Waals surface area contributed by atoms with E-state index in [9.17, 15) is 9.59 Å². The van der Waals surface area contributed by atoms with Crippen LogP contribution in [0.4, 0.5) is 0 Å². The average molecular weight is 303 g/mol. The molecule has 2 rings (SSSR count). The van der Waals surface area contributed by atoms with Gasteiger partial charge in [-0.1, -0.05) is 30.3 Å². The molecule has 0 spiro atoms. The van der Waals surface area contributed by atoms with Gasteiger partial charge in [0.2, 0.25) is 5.91 Å². The minimum Gasteiger partial charge on any atom is -0.481 e. The first-order valence-electron chi connectivity index (χ1n) is 6.72. The van der Waals surface area contributed by atoms with Crippen LogP contribution in [0.15, 0.2) is 47.2 Å². The van der Waals surface area contributed by atoms with Gasteiger partial charge < -0.3 is 10.4 Å². The molecule has 1 unspecified atom stereocenters. The quantitative estimate of drug-likeness (QED) is 0.826. The predicted molar refractivity (Wildman–Crippen MR) is 82.2 cm³/mol. The Bertz CT molecular complexity index is 581. The molecule has 0 radical (unpaired) electrons. The van der Waals surface area contributed by atoms with Crippen LogP contribution in [-0.4, -0.2) is 17.0 Å². The van der Waals surface area contributed by atoms with Gasteiger partial charge in [-0.05, 0) is 34.4 Å². The number of carbonyl (C=O) groups is 2. The molecule has 0 saturated heterocycles. The van der Waals surface area contributed by atoms with E-state index < -0.39 is 12.0 Å². The van der Waals surface area contributed by atoms with Crippen LogP contribution in [0.1, 0.15) is 30.0 Å². The molecule has 0 aliphatic rings. The third-order valence-corrected chi connectivity index (χ3v) is 3.87. The van der Waals surface area contributed by atoms with Crippen molar-refractivity contribution in [3.8, 4) is 0 Å². The lowest BCUT2D eigenvalue weighted by Crippen LogP contribution is -2.30. The van der Waals surface area contributed by atoms with Crippen LogP contribution in [0.2, 0.25) is 0 Å². The largest absolute Gasteiger partial charge is 0.481 e. The first-order chi connectivity index (χ1) is 10.1. The number of hydrogen-bond donors (Lipinski definition) is 2. The second-order valence-corrected chi connectivity index (χ2v) is 5.54. The summed E-state index contributed by atoms with van der Waals surface area (Å²) in [4.78, 5) is 23.0. The van der Waals surface area contributed by atoms with Crippen molar-refractivity contribution < 1.29 is 14.7 Å². The Morgan fingerprint density at radius 2 is 1.95 bits per heavy atom. The van der Waals surface area contributed by atoms with Gasteiger partial charge in [-0.2, -0.15) is 11.3 Å². The van der Waals surface area contributed by atoms with Crippen molar-refractivity contribution in [1.82, 2.24) is 5.32 Å². The molecule has 1 heterocycles. The minimum atomic E-state index is -0.929. The van der Waals surface area contributed by atoms with Gasteiger partial charge in [0.25, 0.3) is 0 Å². The highest BCUT2D eigenvalue weighted by molar-refractivity contribution is 7.07. The van der Waals surface area contributed by atoms with Crippen molar-refractivity contribution in [2.45, 2.75) is 25.3 Å². The monoisotopic (exact) mass is 303 g/mol. The summed E-state index contributed by atoms with van der Waals surface area (Å²) in [6.45, 7) is 0. The van der Waals surface area contributed by atoms with E-state index in [0.717, 1.165) is 11.1 Å². The summed E-state index contributed by atoms with van der Waals surface area (Å²) in [5.41, 5.74) is 1.94. The van der Waals surface area contributed by atoms with Gasteiger partial charge >= 0.3 is 5.97 Å². The standard InChI is InChI=1S/C16H17NO3S/c18-15(7-6-12-8-9-21-11-12)17-14(10-16(19)20)13-4-2-1-3-5-13/h1-5,8-9,11,14H,6-7,10H2,(H,17,18)(H,19,20). The smallest absolute Gasteiger partial charge is 0.305 e. The Hall–Kier alpha value is -2.14. The number of carbonyl (C=O) groups excluding carboxylic acids is 1. The fourth-order valence-electron chi connectivity index (χ4n) is 2.07. The van der Waals surface area contributed by atoms with Crippen LogP contribution in [0.5, 0.6) is 0 Å². The van der Waals surface area contributed by atoms with Crippen LogP contribution >= 0.6 is 11.3 Å². The zero-order valence-corrected chi connectivity index (χ0v) is 12.3. The fourth-order valence-corrected chi connectivity index (χ4v) is 2.77. The third kappa shape index (κ3) is 5.04. The van der Waals surface area contributed by atoms with Crippen molar-refractivity contribution in [1.29, 1.82) is 0 Å². The Morgan fingerprint density at radius 3 is 2.57 bits per heavy atom. The first-order valence-corrected chi connectivity index (χ1v) is 7.66. The van der Waals surface area contributed by atoms with E-state index in [0.29, 0.717) is 12.8 Å². The maximum atomic E-state index is 12.0. The molecule has 5 heteroatoms. The van der Waals surface area contributed by atoms with E-state index in [1.54, 1.807) is 11.3 Å². The molecule has 1 aromatic heterocycles. The molecule has 0 aliphatic carbocycles. The van der Waals surface area contributed by atoms with Crippen molar-refractivity contribution in [2.75, 3.05) is 0 Å². The summed E-state index contributed by atoms with van der Waals surface area (Å²) in [7, 11) is 0. The van der Waals surface area contributed by atoms with E-state index in [1.807, 2.05) is 47.2 Å². The minimum absolute atomic E-state index is 0.117. The number of hydrogen-bond acceptors (Lipinski definition) is 3. The van der Waals surface area contributed by atoms with Crippen LogP contribution in [0.3, 0.4) is 0 Å². The molecule has 0 bridgehead atoms. The van der Waals surface area contributed by atoms with Gasteiger partial charge in [0.15, 0.2) is 0 Å². The number of benzene rings is 1. The second-order valence-electron chi connectivity index (χ2n) is 4.76. The molecule has 110 valence electrons. The maximum absolute atomic E-state index is 12.0. The molecule has 0 saturated carbocycles. The highest BCUT2D eigenvalue weighted by atomic mass is 32.1. The maximum Gasteiger partial charge on any atom is 0.305 e. The number of carboxylic acid groups (broad SMARTS) is 1. The van der Waals surface area contributed by atoms with E-state index in [4.69, 9.17) is 5.11 Å². The molecule has 4 nitrogen and oxygen atoms in total. The lowest BCUT2D eigenvalue weighted by molar-refractivity contribution is -0.137. The van der Waals surface area contributed by atoms with Gasteiger partial charge in [-0.3, -0.25) is 9.59 Å². The van der Waals surface area contributed by atoms with Gasteiger partial charge in [0.1, 0.15) is 0 Å². The number of amides is 1. The summed E-state index contributed by atoms with van der Waals surface area (Å²) in [6, 6.07) is 10.7. The summed E-state index contributed by atoms with van der Waals surface area (Å²) in [5.74, 6) is -1.06. The molecule has 1 aromatic carbocycles. The fraction of sp³-hybridized carbons (Fsp3) is 0.250. The van der Waals surface area contributed by atoms with E-state index >= 15 is 0 Å². The van der Waals surface area contributed by atoms with Crippen molar-refractivity contribution in [3.05, 3.63) is 58.3 Å². The van der Waals surface area contributed by atoms with Gasteiger partial charge in [0.05, 0.1) is 12.5 Å². The number of aliphatic carboxylic acids is 1. The summed E-state index contributed by atoms with van der Waals surface area (Å²) >= 11 is 1.60. The van der Waals surface area contributed by atoms with E-state index in [1.165, 1.54) is 0 Å². The molecule has 21 heavy (non-hydrogen) atoms. The van der Waals surface area contributed by atoms with Gasteiger partial charge in [-0.15, -0.1) is 0 Å². The van der Waals surface area contributed by atoms with Crippen LogP contribution in [0, 0.1) is 0 Å². The summed E-state index contributed by atoms with van der Waals surface area (Å²) < 4.78 is 0. The number of rotatable bonds is 7. The van der Waals surface area contributed by atoms with Gasteiger partial charge in [0, 0.05) is 6.42 Å². The molecule has 0 fully saturated rings. The number of nitrogens with one attached hydrogen (secondary N) is 1. The average Bonchev–Trinajstić information content (AvgIpc) is 2.98. The van der Waals surface area contributed by atoms with Crippen LogP contribution in [0.25, 0.3) is 0 Å². The van der Waals surface area contributed by atoms with Crippen LogP contribution in [-0.2, 0) is 16.0 Å². The first kappa shape index (κ1) is 15.3. The number of aryl methyl sites for hydroxylation is 1. The second kappa shape index (κ2) is 7.59. The molecule has 0 aliphatic heterocycles. The lowest BCUT2D eigenvalue weighted by atomic mass is 10.0. The zero-order chi connectivity index (χ0) is 15.1. The predicted octanol–water partition coefficient (Wildman–Crippen LogP) is 3.01. The molecule has 1 atom stereocenters. The molecule has 1 amide bonds. The highest BCUT2D eigenvalue weighted by Gasteiger charge is 2.17. The van der Waals surface area contributed by atoms with Crippen molar-refractivity contribution in [3.63, 3.8) is 0 Å². The summed E-state index contributed by atoms with van der Waals surface area (Å²) in [6.07, 6.45) is 0.914. The molecule has 2 aromatic rings. The lowest BCUT2D eigenvalue weighted by Gasteiger charge is -2.17. The number of thiophene rings is 1. The summed E-state index contributed by atoms with van der Waals surface area (Å²) in [5, 5.41) is 15.8.